The summed E-state index contributed by atoms with van der Waals surface area (Å²) >= 11 is 0. The predicted octanol–water partition coefficient (Wildman–Crippen LogP) is 3.55. The van der Waals surface area contributed by atoms with Crippen LogP contribution in [0.5, 0.6) is 11.5 Å². The average Bonchev–Trinajstić information content (AvgIpc) is 2.41. The molecule has 1 unspecified atom stereocenters. The summed E-state index contributed by atoms with van der Waals surface area (Å²) in [5.41, 5.74) is 0.749. The number of carbonyl (C=O) groups is 1. The number of hydrogen-bond donors (Lipinski definition) is 1. The highest BCUT2D eigenvalue weighted by Crippen LogP contribution is 2.30. The minimum atomic E-state index is -1.92. The van der Waals surface area contributed by atoms with E-state index in [2.05, 4.69) is 44.3 Å². The van der Waals surface area contributed by atoms with Crippen molar-refractivity contribution in [2.75, 3.05) is 14.2 Å². The molecule has 0 aliphatic heterocycles. The Hall–Kier alpha value is -1.32. The maximum absolute atomic E-state index is 12.8. The van der Waals surface area contributed by atoms with Gasteiger partial charge in [-0.1, -0.05) is 19.6 Å². The van der Waals surface area contributed by atoms with Gasteiger partial charge in [-0.15, -0.1) is 0 Å². The Morgan fingerprint density at radius 3 is 1.78 bits per heavy atom. The first kappa shape index (κ1) is 19.7. The number of hydrogen-bond acceptors (Lipinski definition) is 4. The summed E-state index contributed by atoms with van der Waals surface area (Å²) < 4.78 is 16.8. The van der Waals surface area contributed by atoms with Crippen LogP contribution < -0.4 is 14.5 Å². The van der Waals surface area contributed by atoms with Gasteiger partial charge in [0.25, 0.3) is 0 Å². The van der Waals surface area contributed by atoms with Gasteiger partial charge in [0.1, 0.15) is 25.8 Å². The van der Waals surface area contributed by atoms with E-state index in [4.69, 9.17) is 13.9 Å². The molecule has 0 fully saturated rings. The van der Waals surface area contributed by atoms with Gasteiger partial charge in [0.05, 0.1) is 14.2 Å². The quantitative estimate of drug-likeness (QED) is 0.760. The van der Waals surface area contributed by atoms with Gasteiger partial charge in [-0.25, -0.2) is 0 Å². The van der Waals surface area contributed by atoms with Crippen LogP contribution in [0.25, 0.3) is 0 Å². The van der Waals surface area contributed by atoms with Crippen molar-refractivity contribution in [2.24, 2.45) is 0 Å². The minimum Gasteiger partial charge on any atom is -0.497 e. The number of nitrogens with one attached hydrogen (secondary N) is 1. The lowest BCUT2D eigenvalue weighted by Crippen LogP contribution is -2.49. The predicted molar refractivity (Wildman–Crippen MR) is 98.2 cm³/mol. The number of methoxy groups -OCH3 is 2. The van der Waals surface area contributed by atoms with Crippen LogP contribution in [-0.2, 0) is 9.22 Å². The molecule has 0 aliphatic rings. The molecule has 0 saturated carbocycles. The van der Waals surface area contributed by atoms with Gasteiger partial charge in [-0.3, -0.25) is 4.79 Å². The van der Waals surface area contributed by atoms with Crippen LogP contribution in [0.1, 0.15) is 11.7 Å². The van der Waals surface area contributed by atoms with Crippen LogP contribution in [-0.4, -0.2) is 36.7 Å². The molecule has 1 rings (SSSR count). The maximum atomic E-state index is 12.8. The Kier molecular flexibility index (Phi) is 6.44. The molecule has 1 N–H and O–H groups in total. The molecule has 1 aromatic rings. The van der Waals surface area contributed by atoms with Crippen LogP contribution in [0.2, 0.25) is 39.3 Å². The van der Waals surface area contributed by atoms with Crippen LogP contribution in [0.15, 0.2) is 18.2 Å². The molecule has 130 valence electrons. The molecule has 1 atom stereocenters. The number of amides is 1. The SMILES string of the molecule is COc1cc(OC)cc(C(O[Si](C)(C)C)C(=O)N[Si](C)(C)C)c1. The fraction of sp³-hybridized carbons (Fsp3) is 0.562. The molecule has 0 aliphatic carbocycles. The molecular weight excluding hydrogens is 326 g/mol. The van der Waals surface area contributed by atoms with E-state index in [1.165, 1.54) is 0 Å². The number of carbonyl (C=O) groups excluding carboxylic acids is 1. The van der Waals surface area contributed by atoms with E-state index in [1.807, 2.05) is 12.1 Å². The van der Waals surface area contributed by atoms with Gasteiger partial charge in [-0.2, -0.15) is 0 Å². The first-order valence-corrected chi connectivity index (χ1v) is 14.6. The zero-order chi connectivity index (χ0) is 17.8. The molecule has 5 nitrogen and oxygen atoms in total. The van der Waals surface area contributed by atoms with Crippen molar-refractivity contribution >= 4 is 22.5 Å². The van der Waals surface area contributed by atoms with Crippen LogP contribution in [0.3, 0.4) is 0 Å². The number of benzene rings is 1. The van der Waals surface area contributed by atoms with Crippen molar-refractivity contribution in [3.05, 3.63) is 23.8 Å². The Balaban J connectivity index is 3.26. The molecule has 1 aromatic carbocycles. The lowest BCUT2D eigenvalue weighted by molar-refractivity contribution is -0.127. The summed E-state index contributed by atoms with van der Waals surface area (Å²) in [4.78, 5) is 15.9. The smallest absolute Gasteiger partial charge is 0.244 e. The van der Waals surface area contributed by atoms with Crippen molar-refractivity contribution < 1.29 is 18.7 Å². The molecule has 0 heterocycles. The van der Waals surface area contributed by atoms with Crippen LogP contribution in [0.4, 0.5) is 0 Å². The van der Waals surface area contributed by atoms with E-state index >= 15 is 0 Å². The molecule has 0 radical (unpaired) electrons. The summed E-state index contributed by atoms with van der Waals surface area (Å²) in [5.74, 6) is 1.19. The van der Waals surface area contributed by atoms with Gasteiger partial charge in [-0.05, 0) is 37.3 Å². The van der Waals surface area contributed by atoms with E-state index in [0.29, 0.717) is 11.5 Å². The molecule has 7 heteroatoms. The van der Waals surface area contributed by atoms with Gasteiger partial charge < -0.3 is 18.9 Å². The average molecular weight is 356 g/mol. The lowest BCUT2D eigenvalue weighted by Gasteiger charge is -2.29. The Morgan fingerprint density at radius 2 is 1.43 bits per heavy atom. The standard InChI is InChI=1S/C16H29NO4Si2/c1-19-13-9-12(10-14(11-13)20-2)15(21-23(6,7)8)16(18)17-22(3,4)5/h9-11,15H,1-8H3,(H,17,18). The van der Waals surface area contributed by atoms with Crippen molar-refractivity contribution in [1.29, 1.82) is 0 Å². The molecule has 0 bridgehead atoms. The highest BCUT2D eigenvalue weighted by molar-refractivity contribution is 6.76. The van der Waals surface area contributed by atoms with E-state index in [0.717, 1.165) is 5.56 Å². The van der Waals surface area contributed by atoms with Crippen molar-refractivity contribution in [2.45, 2.75) is 45.4 Å². The first-order valence-electron chi connectivity index (χ1n) is 7.68. The Bertz CT molecular complexity index is 528. The molecule has 0 saturated heterocycles. The maximum Gasteiger partial charge on any atom is 0.244 e. The van der Waals surface area contributed by atoms with Gasteiger partial charge in [0.15, 0.2) is 8.32 Å². The van der Waals surface area contributed by atoms with Crippen molar-refractivity contribution in [3.63, 3.8) is 0 Å². The highest BCUT2D eigenvalue weighted by Gasteiger charge is 2.31. The zero-order valence-corrected chi connectivity index (χ0v) is 17.4. The zero-order valence-electron chi connectivity index (χ0n) is 15.4. The van der Waals surface area contributed by atoms with E-state index in [-0.39, 0.29) is 5.91 Å². The topological polar surface area (TPSA) is 56.8 Å². The molecule has 0 spiro atoms. The minimum absolute atomic E-state index is 0.0955. The van der Waals surface area contributed by atoms with Crippen LogP contribution >= 0.6 is 0 Å². The van der Waals surface area contributed by atoms with Gasteiger partial charge in [0.2, 0.25) is 5.91 Å². The van der Waals surface area contributed by atoms with Crippen LogP contribution in [0, 0.1) is 0 Å². The third-order valence-electron chi connectivity index (χ3n) is 2.88. The second-order valence-electron chi connectivity index (χ2n) is 7.50. The summed E-state index contributed by atoms with van der Waals surface area (Å²) in [7, 11) is -0.500. The summed E-state index contributed by atoms with van der Waals surface area (Å²) in [6.07, 6.45) is -0.655. The fourth-order valence-corrected chi connectivity index (χ4v) is 3.86. The molecule has 23 heavy (non-hydrogen) atoms. The second-order valence-corrected chi connectivity index (χ2v) is 16.7. The summed E-state index contributed by atoms with van der Waals surface area (Å²) in [5, 5.41) is 0. The third-order valence-corrected chi connectivity index (χ3v) is 4.82. The Labute approximate surface area is 141 Å². The second kappa shape index (κ2) is 7.50. The van der Waals surface area contributed by atoms with E-state index < -0.39 is 22.7 Å². The van der Waals surface area contributed by atoms with Gasteiger partial charge >= 0.3 is 0 Å². The normalized spacial score (nSPS) is 13.4. The third kappa shape index (κ3) is 6.76. The molecular formula is C16H29NO4Si2. The van der Waals surface area contributed by atoms with Crippen molar-refractivity contribution in [1.82, 2.24) is 4.98 Å². The van der Waals surface area contributed by atoms with Gasteiger partial charge in [0, 0.05) is 6.07 Å². The summed E-state index contributed by atoms with van der Waals surface area (Å²) in [6, 6.07) is 5.44. The van der Waals surface area contributed by atoms with Crippen molar-refractivity contribution in [3.8, 4) is 11.5 Å². The fourth-order valence-electron chi connectivity index (χ4n) is 2.04. The monoisotopic (exact) mass is 355 g/mol. The number of rotatable bonds is 7. The summed E-state index contributed by atoms with van der Waals surface area (Å²) in [6.45, 7) is 12.5. The Morgan fingerprint density at radius 1 is 0.957 bits per heavy atom. The van der Waals surface area contributed by atoms with E-state index in [1.54, 1.807) is 20.3 Å². The highest BCUT2D eigenvalue weighted by atomic mass is 28.4. The number of ether oxygens (including phenoxy) is 2. The lowest BCUT2D eigenvalue weighted by atomic mass is 10.1. The molecule has 0 aromatic heterocycles. The first-order chi connectivity index (χ1) is 10.4. The largest absolute Gasteiger partial charge is 0.497 e. The molecule has 1 amide bonds. The van der Waals surface area contributed by atoms with E-state index in [9.17, 15) is 4.79 Å².